The Hall–Kier alpha value is -5.06. The van der Waals surface area contributed by atoms with Crippen LogP contribution in [0.3, 0.4) is 0 Å². The Morgan fingerprint density at radius 2 is 0.509 bits per heavy atom. The lowest BCUT2D eigenvalue weighted by molar-refractivity contribution is -0.161. The lowest BCUT2D eigenvalue weighted by atomic mass is 10.0. The highest BCUT2D eigenvalue weighted by molar-refractivity contribution is 7.47. The first-order valence-electron chi connectivity index (χ1n) is 41.1. The van der Waals surface area contributed by atoms with E-state index in [9.17, 15) is 43.2 Å². The zero-order chi connectivity index (χ0) is 77.4. The number of phosphoric acid groups is 2. The molecule has 3 N–H and O–H groups in total. The van der Waals surface area contributed by atoms with Crippen molar-refractivity contribution >= 4 is 39.5 Å². The number of unbranched alkanes of at least 4 members (excludes halogenated alkanes) is 26. The monoisotopic (exact) mass is 1530 g/mol. The SMILES string of the molecule is CC/C=C\C/C=C\C/C=C\C/C=C\C/C=C\CCCCCC(=O)OC[C@H](COP(=O)(O)OC[C@@H](O)COP(=O)(O)OC[C@@H](COC(=O)CCCCCCC/C=C\C/C=C\CCCCC)OC(=O)CCCCCCCCCCCCCCC)OC(=O)CC/C=C\C/C=C\C/C=C\C/C=C\C/C=C\CCCCC. The van der Waals surface area contributed by atoms with E-state index in [0.717, 1.165) is 148 Å². The predicted octanol–water partition coefficient (Wildman–Crippen LogP) is 24.2. The van der Waals surface area contributed by atoms with Crippen molar-refractivity contribution in [1.29, 1.82) is 0 Å². The molecule has 0 aliphatic heterocycles. The van der Waals surface area contributed by atoms with Gasteiger partial charge in [0.2, 0.25) is 0 Å². The van der Waals surface area contributed by atoms with Gasteiger partial charge in [0.25, 0.3) is 0 Å². The molecule has 0 bridgehead atoms. The summed E-state index contributed by atoms with van der Waals surface area (Å²) in [5, 5.41) is 10.6. The normalized spacial score (nSPS) is 14.6. The smallest absolute Gasteiger partial charge is 0.462 e. The summed E-state index contributed by atoms with van der Waals surface area (Å²) in [6, 6.07) is 0. The second-order valence-corrected chi connectivity index (χ2v) is 29.9. The molecule has 0 spiro atoms. The van der Waals surface area contributed by atoms with Gasteiger partial charge in [-0.05, 0) is 141 Å². The molecule has 2 unspecified atom stereocenters. The highest BCUT2D eigenvalue weighted by Crippen LogP contribution is 2.45. The van der Waals surface area contributed by atoms with E-state index in [1.54, 1.807) is 0 Å². The van der Waals surface area contributed by atoms with Crippen molar-refractivity contribution in [2.75, 3.05) is 39.6 Å². The number of aliphatic hydroxyl groups is 1. The maximum absolute atomic E-state index is 13.1. The number of esters is 4. The quantitative estimate of drug-likeness (QED) is 0.0169. The summed E-state index contributed by atoms with van der Waals surface area (Å²) in [4.78, 5) is 73.1. The Morgan fingerprint density at radius 3 is 0.840 bits per heavy atom. The molecule has 106 heavy (non-hydrogen) atoms. The standard InChI is InChI=1S/C87H146O17P2/c1-5-9-13-17-21-25-29-33-36-38-40-42-45-49-52-56-60-64-68-72-85(90)98-78-83(104-87(92)74-70-66-62-58-54-50-46-43-41-39-37-34-30-26-22-18-14-10-6-2)80-102-106(95,96)100-76-81(88)75-99-105(93,94)101-79-82(103-86(91)73-69-65-61-57-53-47-32-28-24-20-16-12-8-4)77-97-84(89)71-67-63-59-55-51-48-44-35-31-27-23-19-15-11-7-3/h9,13,21-23,25-27,33-37,40-44,49-50,52,54,62,66,81-83,88H,5-8,10-12,14-20,24,28-32,38-39,45-48,51,53,55-61,63-65,67-80H2,1-4H3,(H,93,94)(H,95,96)/b13-9-,25-21-,26-22-,27-23-,36-33-,37-34-,42-40-,43-41-,44-35-,52-49-,54-50-,66-62-/t81-,82+,83+/m0/s1. The van der Waals surface area contributed by atoms with Crippen LogP contribution in [0.1, 0.15) is 323 Å². The molecule has 606 valence electrons. The number of carbonyl (C=O) groups is 4. The van der Waals surface area contributed by atoms with Gasteiger partial charge < -0.3 is 33.8 Å². The highest BCUT2D eigenvalue weighted by Gasteiger charge is 2.30. The summed E-state index contributed by atoms with van der Waals surface area (Å²) >= 11 is 0. The predicted molar refractivity (Wildman–Crippen MR) is 436 cm³/mol. The molecular weight excluding hydrogens is 1380 g/mol. The molecule has 0 aromatic rings. The average Bonchev–Trinajstić information content (AvgIpc) is 0.903. The molecule has 0 saturated carbocycles. The summed E-state index contributed by atoms with van der Waals surface area (Å²) in [6.07, 6.45) is 89.8. The third-order valence-electron chi connectivity index (χ3n) is 16.8. The number of phosphoric ester groups is 2. The molecule has 0 aliphatic rings. The van der Waals surface area contributed by atoms with Crippen molar-refractivity contribution in [2.24, 2.45) is 0 Å². The zero-order valence-electron chi connectivity index (χ0n) is 66.3. The van der Waals surface area contributed by atoms with Crippen LogP contribution in [0.15, 0.2) is 146 Å². The minimum absolute atomic E-state index is 0.0403. The first-order chi connectivity index (χ1) is 51.7. The summed E-state index contributed by atoms with van der Waals surface area (Å²) < 4.78 is 68.6. The van der Waals surface area contributed by atoms with E-state index in [4.69, 9.17) is 37.0 Å². The molecule has 0 aliphatic carbocycles. The summed E-state index contributed by atoms with van der Waals surface area (Å²) in [5.41, 5.74) is 0. The Kier molecular flexibility index (Phi) is 74.3. The fourth-order valence-electron chi connectivity index (χ4n) is 10.6. The van der Waals surface area contributed by atoms with E-state index in [1.807, 2.05) is 18.2 Å². The number of aliphatic hydroxyl groups excluding tert-OH is 1. The van der Waals surface area contributed by atoms with E-state index >= 15 is 0 Å². The largest absolute Gasteiger partial charge is 0.472 e. The molecular formula is C87H146O17P2. The average molecular weight is 1530 g/mol. The Bertz CT molecular complexity index is 2580. The first-order valence-corrected chi connectivity index (χ1v) is 44.1. The van der Waals surface area contributed by atoms with Crippen LogP contribution in [0, 0.1) is 0 Å². The highest BCUT2D eigenvalue weighted by atomic mass is 31.2. The fourth-order valence-corrected chi connectivity index (χ4v) is 12.1. The maximum Gasteiger partial charge on any atom is 0.472 e. The van der Waals surface area contributed by atoms with Gasteiger partial charge in [-0.3, -0.25) is 37.3 Å². The van der Waals surface area contributed by atoms with Crippen LogP contribution in [0.5, 0.6) is 0 Å². The molecule has 19 heteroatoms. The van der Waals surface area contributed by atoms with Crippen LogP contribution >= 0.6 is 15.6 Å². The van der Waals surface area contributed by atoms with Crippen molar-refractivity contribution < 1.29 is 80.2 Å². The van der Waals surface area contributed by atoms with Gasteiger partial charge in [-0.15, -0.1) is 0 Å². The molecule has 0 radical (unpaired) electrons. The second-order valence-electron chi connectivity index (χ2n) is 27.0. The first kappa shape index (κ1) is 101. The van der Waals surface area contributed by atoms with Crippen LogP contribution in [0.25, 0.3) is 0 Å². The molecule has 5 atom stereocenters. The lowest BCUT2D eigenvalue weighted by Crippen LogP contribution is -2.30. The van der Waals surface area contributed by atoms with Crippen LogP contribution in [-0.2, 0) is 65.4 Å². The Morgan fingerprint density at radius 1 is 0.274 bits per heavy atom. The molecule has 0 aromatic carbocycles. The number of carbonyl (C=O) groups excluding carboxylic acids is 4. The summed E-state index contributed by atoms with van der Waals surface area (Å²) in [7, 11) is -10.0. The van der Waals surface area contributed by atoms with Gasteiger partial charge in [0, 0.05) is 25.7 Å². The van der Waals surface area contributed by atoms with E-state index in [2.05, 4.69) is 155 Å². The Balaban J connectivity index is 5.48. The van der Waals surface area contributed by atoms with Crippen LogP contribution < -0.4 is 0 Å². The van der Waals surface area contributed by atoms with Crippen LogP contribution in [-0.4, -0.2) is 96.7 Å². The van der Waals surface area contributed by atoms with Crippen LogP contribution in [0.2, 0.25) is 0 Å². The van der Waals surface area contributed by atoms with E-state index in [-0.39, 0.29) is 25.7 Å². The van der Waals surface area contributed by atoms with E-state index < -0.39 is 97.5 Å². The zero-order valence-corrected chi connectivity index (χ0v) is 68.1. The molecule has 0 aromatic heterocycles. The number of ether oxygens (including phenoxy) is 4. The molecule has 0 heterocycles. The fraction of sp³-hybridized carbons (Fsp3) is 0.678. The molecule has 17 nitrogen and oxygen atoms in total. The number of rotatable bonds is 76. The number of allylic oxidation sites excluding steroid dienone is 24. The van der Waals surface area contributed by atoms with Crippen molar-refractivity contribution in [3.05, 3.63) is 146 Å². The third kappa shape index (κ3) is 77.1. The van der Waals surface area contributed by atoms with Crippen molar-refractivity contribution in [3.8, 4) is 0 Å². The Labute approximate surface area is 643 Å². The number of hydrogen-bond donors (Lipinski definition) is 3. The van der Waals surface area contributed by atoms with Gasteiger partial charge in [0.05, 0.1) is 26.4 Å². The number of hydrogen-bond acceptors (Lipinski definition) is 15. The van der Waals surface area contributed by atoms with Gasteiger partial charge in [-0.2, -0.15) is 0 Å². The van der Waals surface area contributed by atoms with Gasteiger partial charge in [-0.1, -0.05) is 302 Å². The van der Waals surface area contributed by atoms with Crippen LogP contribution in [0.4, 0.5) is 0 Å². The van der Waals surface area contributed by atoms with Gasteiger partial charge in [0.1, 0.15) is 19.3 Å². The van der Waals surface area contributed by atoms with Gasteiger partial charge >= 0.3 is 39.5 Å². The van der Waals surface area contributed by atoms with E-state index in [1.165, 1.54) is 89.9 Å². The molecule has 0 amide bonds. The topological polar surface area (TPSA) is 237 Å². The van der Waals surface area contributed by atoms with E-state index in [0.29, 0.717) is 32.1 Å². The molecule has 0 fully saturated rings. The second kappa shape index (κ2) is 78.1. The van der Waals surface area contributed by atoms with Crippen molar-refractivity contribution in [1.82, 2.24) is 0 Å². The summed E-state index contributed by atoms with van der Waals surface area (Å²) in [5.74, 6) is -2.32. The molecule has 0 saturated heterocycles. The van der Waals surface area contributed by atoms with Crippen molar-refractivity contribution in [3.63, 3.8) is 0 Å². The minimum atomic E-state index is -5.01. The summed E-state index contributed by atoms with van der Waals surface area (Å²) in [6.45, 7) is 4.58. The van der Waals surface area contributed by atoms with Gasteiger partial charge in [-0.25, -0.2) is 9.13 Å². The minimum Gasteiger partial charge on any atom is -0.462 e. The third-order valence-corrected chi connectivity index (χ3v) is 18.7. The van der Waals surface area contributed by atoms with Crippen molar-refractivity contribution in [2.45, 2.75) is 341 Å². The maximum atomic E-state index is 13.1. The lowest BCUT2D eigenvalue weighted by Gasteiger charge is -2.21. The van der Waals surface area contributed by atoms with Gasteiger partial charge in [0.15, 0.2) is 12.2 Å². The molecule has 0 rings (SSSR count).